The summed E-state index contributed by atoms with van der Waals surface area (Å²) in [5, 5.41) is 26.1. The number of aliphatic hydroxyl groups excluding tert-OH is 1. The maximum Gasteiger partial charge on any atom is 0.238 e. The summed E-state index contributed by atoms with van der Waals surface area (Å²) in [4.78, 5) is 0.164. The molecule has 1 heterocycles. The van der Waals surface area contributed by atoms with Crippen molar-refractivity contribution in [2.75, 3.05) is 5.32 Å². The molecular weight excluding hydrogens is 399 g/mol. The van der Waals surface area contributed by atoms with Crippen LogP contribution in [0, 0.1) is 5.82 Å². The molecular formula is C21H16ClFN2O2S. The fraction of sp³-hybridized carbons (Fsp3) is 0.0476. The summed E-state index contributed by atoms with van der Waals surface area (Å²) >= 11 is 11.5. The van der Waals surface area contributed by atoms with Crippen LogP contribution in [0.5, 0.6) is 0 Å². The van der Waals surface area contributed by atoms with Crippen LogP contribution in [0.25, 0.3) is 11.5 Å². The summed E-state index contributed by atoms with van der Waals surface area (Å²) < 4.78 is 14.8. The summed E-state index contributed by atoms with van der Waals surface area (Å²) in [5.74, 6) is -0.827. The molecule has 0 saturated carbocycles. The van der Waals surface area contributed by atoms with Crippen molar-refractivity contribution in [3.8, 4) is 0 Å². The molecule has 0 aliphatic carbocycles. The molecule has 0 unspecified atom stereocenters. The van der Waals surface area contributed by atoms with E-state index in [4.69, 9.17) is 23.8 Å². The van der Waals surface area contributed by atoms with E-state index in [2.05, 4.69) is 5.32 Å². The zero-order valence-electron chi connectivity index (χ0n) is 14.6. The number of thiocarbonyl (C=S) groups is 1. The van der Waals surface area contributed by atoms with Crippen molar-refractivity contribution in [1.29, 1.82) is 0 Å². The summed E-state index contributed by atoms with van der Waals surface area (Å²) in [5.41, 5.74) is 1.68. The molecule has 2 aromatic carbocycles. The molecule has 28 heavy (non-hydrogen) atoms. The molecule has 0 spiro atoms. The number of benzene rings is 2. The molecule has 3 aromatic rings. The second-order valence-electron chi connectivity index (χ2n) is 5.93. The molecule has 3 rings (SSSR count). The van der Waals surface area contributed by atoms with Crippen molar-refractivity contribution in [3.63, 3.8) is 0 Å². The van der Waals surface area contributed by atoms with Crippen molar-refractivity contribution in [1.82, 2.24) is 0 Å². The average Bonchev–Trinajstić information content (AvgIpc) is 2.69. The quantitative estimate of drug-likeness (QED) is 0.291. The molecule has 4 nitrogen and oxygen atoms in total. The van der Waals surface area contributed by atoms with Crippen LogP contribution >= 0.6 is 23.8 Å². The van der Waals surface area contributed by atoms with Crippen LogP contribution in [0.2, 0.25) is 5.02 Å². The van der Waals surface area contributed by atoms with Gasteiger partial charge in [0.25, 0.3) is 0 Å². The minimum absolute atomic E-state index is 0.164. The third-order valence-corrected chi connectivity index (χ3v) is 4.45. The van der Waals surface area contributed by atoms with Gasteiger partial charge in [0.05, 0.1) is 6.61 Å². The van der Waals surface area contributed by atoms with E-state index in [1.807, 2.05) is 0 Å². The number of rotatable bonds is 5. The van der Waals surface area contributed by atoms with Crippen molar-refractivity contribution < 1.29 is 19.2 Å². The smallest absolute Gasteiger partial charge is 0.238 e. The first-order chi connectivity index (χ1) is 13.5. The maximum absolute atomic E-state index is 13.3. The Kier molecular flexibility index (Phi) is 6.36. The highest BCUT2D eigenvalue weighted by molar-refractivity contribution is 7.81. The van der Waals surface area contributed by atoms with Gasteiger partial charge in [-0.3, -0.25) is 0 Å². The van der Waals surface area contributed by atoms with Crippen LogP contribution in [0.4, 0.5) is 10.1 Å². The van der Waals surface area contributed by atoms with Crippen molar-refractivity contribution in [2.24, 2.45) is 0 Å². The normalized spacial score (nSPS) is 11.7. The van der Waals surface area contributed by atoms with Crippen LogP contribution in [-0.2, 0) is 6.61 Å². The lowest BCUT2D eigenvalue weighted by atomic mass is 10.1. The topological polar surface area (TPSA) is 59.2 Å². The van der Waals surface area contributed by atoms with Gasteiger partial charge in [-0.15, -0.1) is 0 Å². The summed E-state index contributed by atoms with van der Waals surface area (Å²) in [6.45, 7) is -0.187. The van der Waals surface area contributed by atoms with Gasteiger partial charge in [-0.05, 0) is 47.7 Å². The SMILES string of the molecule is [O-]C(=C(C(=S)Nc1cccc(Cl)c1)[n+]1cccc(CO)c1)c1ccc(F)cc1. The summed E-state index contributed by atoms with van der Waals surface area (Å²) in [6, 6.07) is 15.6. The van der Waals surface area contributed by atoms with Gasteiger partial charge in [-0.1, -0.05) is 42.0 Å². The second kappa shape index (κ2) is 8.93. The highest BCUT2D eigenvalue weighted by Gasteiger charge is 2.19. The highest BCUT2D eigenvalue weighted by atomic mass is 35.5. The standard InChI is InChI=1S/C21H16ClFN2O2S/c22-16-4-1-5-18(11-16)24-21(28)19(25-10-2-3-14(12-25)13-26)20(27)15-6-8-17(23)9-7-15/h1-12,26H,13H2,(H-,24,27,28). The van der Waals surface area contributed by atoms with Crippen molar-refractivity contribution >= 4 is 46.0 Å². The molecule has 0 bridgehead atoms. The van der Waals surface area contributed by atoms with E-state index < -0.39 is 5.82 Å². The monoisotopic (exact) mass is 414 g/mol. The van der Waals surface area contributed by atoms with E-state index in [9.17, 15) is 14.6 Å². The lowest BCUT2D eigenvalue weighted by Gasteiger charge is -2.17. The third-order valence-electron chi connectivity index (χ3n) is 3.92. The fourth-order valence-corrected chi connectivity index (χ4v) is 3.10. The maximum atomic E-state index is 13.3. The number of anilines is 1. The zero-order valence-corrected chi connectivity index (χ0v) is 16.2. The van der Waals surface area contributed by atoms with Gasteiger partial charge in [-0.25, -0.2) is 4.39 Å². The number of nitrogens with zero attached hydrogens (tertiary/aromatic N) is 1. The van der Waals surface area contributed by atoms with Crippen LogP contribution in [-0.4, -0.2) is 10.1 Å². The fourth-order valence-electron chi connectivity index (χ4n) is 2.59. The molecule has 0 aliphatic rings. The van der Waals surface area contributed by atoms with E-state index >= 15 is 0 Å². The number of hydrogen-bond acceptors (Lipinski definition) is 3. The minimum Gasteiger partial charge on any atom is -0.867 e. The molecule has 7 heteroatoms. The number of hydrogen-bond donors (Lipinski definition) is 2. The van der Waals surface area contributed by atoms with Crippen molar-refractivity contribution in [3.05, 3.63) is 95.0 Å². The molecule has 0 radical (unpaired) electrons. The van der Waals surface area contributed by atoms with E-state index in [0.29, 0.717) is 16.3 Å². The van der Waals surface area contributed by atoms with Gasteiger partial charge >= 0.3 is 0 Å². The van der Waals surface area contributed by atoms with Gasteiger partial charge < -0.3 is 15.5 Å². The molecule has 0 atom stereocenters. The van der Waals surface area contributed by atoms with Gasteiger partial charge in [-0.2, -0.15) is 4.57 Å². The Bertz CT molecular complexity index is 1040. The van der Waals surface area contributed by atoms with Crippen LogP contribution in [0.1, 0.15) is 11.1 Å². The molecule has 2 N–H and O–H groups in total. The zero-order chi connectivity index (χ0) is 20.1. The van der Waals surface area contributed by atoms with Gasteiger partial charge in [0.15, 0.2) is 17.4 Å². The predicted molar refractivity (Wildman–Crippen MR) is 110 cm³/mol. The van der Waals surface area contributed by atoms with E-state index in [-0.39, 0.29) is 28.6 Å². The van der Waals surface area contributed by atoms with Gasteiger partial charge in [0, 0.05) is 22.3 Å². The Labute approximate surface area is 172 Å². The highest BCUT2D eigenvalue weighted by Crippen LogP contribution is 2.19. The first kappa shape index (κ1) is 19.9. The van der Waals surface area contributed by atoms with Gasteiger partial charge in [0.2, 0.25) is 5.70 Å². The summed E-state index contributed by atoms with van der Waals surface area (Å²) in [7, 11) is 0. The van der Waals surface area contributed by atoms with E-state index in [1.165, 1.54) is 28.8 Å². The lowest BCUT2D eigenvalue weighted by Crippen LogP contribution is -2.40. The van der Waals surface area contributed by atoms with E-state index in [1.54, 1.807) is 48.8 Å². The first-order valence-corrected chi connectivity index (χ1v) is 9.12. The second-order valence-corrected chi connectivity index (χ2v) is 6.77. The number of pyridine rings is 1. The molecule has 142 valence electrons. The van der Waals surface area contributed by atoms with Crippen LogP contribution in [0.3, 0.4) is 0 Å². The number of aliphatic hydroxyl groups is 1. The Morgan fingerprint density at radius 2 is 1.89 bits per heavy atom. The van der Waals surface area contributed by atoms with Crippen LogP contribution in [0.15, 0.2) is 73.1 Å². The largest absolute Gasteiger partial charge is 0.867 e. The predicted octanol–water partition coefficient (Wildman–Crippen LogP) is 3.38. The Morgan fingerprint density at radius 1 is 1.14 bits per heavy atom. The first-order valence-electron chi connectivity index (χ1n) is 8.33. The number of nitrogens with one attached hydrogen (secondary N) is 1. The number of halogens is 2. The Balaban J connectivity index is 2.09. The minimum atomic E-state index is -0.437. The summed E-state index contributed by atoms with van der Waals surface area (Å²) in [6.07, 6.45) is 3.27. The number of aromatic nitrogens is 1. The molecule has 1 aromatic heterocycles. The molecule has 0 fully saturated rings. The Morgan fingerprint density at radius 3 is 2.57 bits per heavy atom. The lowest BCUT2D eigenvalue weighted by molar-refractivity contribution is -0.578. The average molecular weight is 415 g/mol. The van der Waals surface area contributed by atoms with Gasteiger partial charge in [0.1, 0.15) is 5.82 Å². The molecule has 0 saturated heterocycles. The van der Waals surface area contributed by atoms with E-state index in [0.717, 1.165) is 0 Å². The van der Waals surface area contributed by atoms with Crippen molar-refractivity contribution in [2.45, 2.75) is 6.61 Å². The third kappa shape index (κ3) is 4.72. The van der Waals surface area contributed by atoms with Crippen LogP contribution < -0.4 is 15.0 Å². The molecule has 0 amide bonds. The Hall–Kier alpha value is -2.80. The molecule has 0 aliphatic heterocycles.